The van der Waals surface area contributed by atoms with E-state index < -0.39 is 17.9 Å². The van der Waals surface area contributed by atoms with Gasteiger partial charge >= 0.3 is 5.97 Å². The van der Waals surface area contributed by atoms with E-state index in [1.807, 2.05) is 67.6 Å². The Hall–Kier alpha value is -3.47. The van der Waals surface area contributed by atoms with Gasteiger partial charge in [0.25, 0.3) is 5.91 Å². The van der Waals surface area contributed by atoms with Crippen LogP contribution in [-0.2, 0) is 4.79 Å². The first-order chi connectivity index (χ1) is 13.0. The summed E-state index contributed by atoms with van der Waals surface area (Å²) >= 11 is 0. The van der Waals surface area contributed by atoms with Crippen LogP contribution in [0.5, 0.6) is 0 Å². The van der Waals surface area contributed by atoms with Gasteiger partial charge in [-0.2, -0.15) is 0 Å². The number of hydrogen-bond donors (Lipinski definition) is 2. The van der Waals surface area contributed by atoms with Crippen LogP contribution in [0.3, 0.4) is 0 Å². The van der Waals surface area contributed by atoms with Crippen LogP contribution in [0.2, 0.25) is 0 Å². The minimum absolute atomic E-state index is 0.196. The summed E-state index contributed by atoms with van der Waals surface area (Å²) in [5.41, 5.74) is 3.89. The molecule has 0 saturated heterocycles. The molecule has 5 heteroatoms. The Bertz CT molecular complexity index is 937. The van der Waals surface area contributed by atoms with E-state index >= 15 is 0 Å². The first-order valence-corrected chi connectivity index (χ1v) is 8.64. The number of pyridine rings is 1. The molecule has 1 unspecified atom stereocenters. The van der Waals surface area contributed by atoms with Gasteiger partial charge in [0.2, 0.25) is 0 Å². The maximum absolute atomic E-state index is 12.6. The third kappa shape index (κ3) is 4.58. The molecule has 1 amide bonds. The summed E-state index contributed by atoms with van der Waals surface area (Å²) in [6.45, 7) is 1.89. The van der Waals surface area contributed by atoms with Crippen LogP contribution >= 0.6 is 0 Å². The zero-order valence-corrected chi connectivity index (χ0v) is 14.9. The van der Waals surface area contributed by atoms with Crippen molar-refractivity contribution in [1.29, 1.82) is 0 Å². The van der Waals surface area contributed by atoms with Crippen LogP contribution in [0.1, 0.15) is 34.1 Å². The molecule has 27 heavy (non-hydrogen) atoms. The molecule has 136 valence electrons. The Balaban J connectivity index is 1.79. The van der Waals surface area contributed by atoms with Gasteiger partial charge in [0, 0.05) is 11.8 Å². The number of carboxylic acid groups (broad SMARTS) is 1. The number of carboxylic acids is 1. The molecule has 0 aliphatic heterocycles. The van der Waals surface area contributed by atoms with E-state index in [9.17, 15) is 14.7 Å². The van der Waals surface area contributed by atoms with E-state index in [1.54, 1.807) is 12.3 Å². The highest BCUT2D eigenvalue weighted by molar-refractivity contribution is 5.93. The summed E-state index contributed by atoms with van der Waals surface area (Å²) in [5.74, 6) is -1.37. The summed E-state index contributed by atoms with van der Waals surface area (Å²) in [4.78, 5) is 28.1. The van der Waals surface area contributed by atoms with Crippen LogP contribution in [-0.4, -0.2) is 22.0 Å². The van der Waals surface area contributed by atoms with Gasteiger partial charge in [0.05, 0.1) is 12.5 Å². The standard InChI is InChI=1S/C22H20N2O3/c1-15-7-5-6-10-18(15)20(13-21(25)26)24-22(27)19-12-11-17(14-23-19)16-8-3-2-4-9-16/h2-12,14,20H,13H2,1H3,(H,24,27)(H,25,26). The number of nitrogens with one attached hydrogen (secondary N) is 1. The van der Waals surface area contributed by atoms with E-state index in [2.05, 4.69) is 10.3 Å². The van der Waals surface area contributed by atoms with Gasteiger partial charge in [0.1, 0.15) is 5.69 Å². The Labute approximate surface area is 157 Å². The molecule has 1 aromatic heterocycles. The first kappa shape index (κ1) is 18.3. The van der Waals surface area contributed by atoms with E-state index in [0.717, 1.165) is 22.3 Å². The van der Waals surface area contributed by atoms with Crippen molar-refractivity contribution in [3.8, 4) is 11.1 Å². The number of amides is 1. The molecular weight excluding hydrogens is 340 g/mol. The molecule has 0 radical (unpaired) electrons. The van der Waals surface area contributed by atoms with Crippen LogP contribution in [0, 0.1) is 6.92 Å². The predicted molar refractivity (Wildman–Crippen MR) is 103 cm³/mol. The molecule has 0 saturated carbocycles. The van der Waals surface area contributed by atoms with Crippen molar-refractivity contribution in [3.63, 3.8) is 0 Å². The molecule has 0 spiro atoms. The fourth-order valence-electron chi connectivity index (χ4n) is 2.95. The highest BCUT2D eigenvalue weighted by Crippen LogP contribution is 2.22. The lowest BCUT2D eigenvalue weighted by Crippen LogP contribution is -2.31. The molecule has 1 atom stereocenters. The second-order valence-corrected chi connectivity index (χ2v) is 6.28. The van der Waals surface area contributed by atoms with Crippen molar-refractivity contribution >= 4 is 11.9 Å². The number of carbonyl (C=O) groups excluding carboxylic acids is 1. The first-order valence-electron chi connectivity index (χ1n) is 8.64. The fraction of sp³-hybridized carbons (Fsp3) is 0.136. The van der Waals surface area contributed by atoms with Gasteiger partial charge in [0.15, 0.2) is 0 Å². The Kier molecular flexibility index (Phi) is 5.61. The van der Waals surface area contributed by atoms with Crippen LogP contribution in [0.25, 0.3) is 11.1 Å². The molecule has 0 aliphatic carbocycles. The van der Waals surface area contributed by atoms with Crippen molar-refractivity contribution in [2.24, 2.45) is 0 Å². The number of aliphatic carboxylic acids is 1. The number of aromatic nitrogens is 1. The lowest BCUT2D eigenvalue weighted by atomic mass is 9.98. The highest BCUT2D eigenvalue weighted by atomic mass is 16.4. The van der Waals surface area contributed by atoms with Gasteiger partial charge in [-0.1, -0.05) is 60.7 Å². The normalized spacial score (nSPS) is 11.6. The van der Waals surface area contributed by atoms with Crippen molar-refractivity contribution in [2.45, 2.75) is 19.4 Å². The highest BCUT2D eigenvalue weighted by Gasteiger charge is 2.20. The molecule has 2 N–H and O–H groups in total. The molecule has 5 nitrogen and oxygen atoms in total. The molecule has 0 fully saturated rings. The third-order valence-electron chi connectivity index (χ3n) is 4.35. The smallest absolute Gasteiger partial charge is 0.305 e. The van der Waals surface area contributed by atoms with Gasteiger partial charge < -0.3 is 10.4 Å². The number of aryl methyl sites for hydroxylation is 1. The summed E-state index contributed by atoms with van der Waals surface area (Å²) in [6, 6.07) is 20.0. The predicted octanol–water partition coefficient (Wildman–Crippen LogP) is 4.00. The van der Waals surface area contributed by atoms with E-state index in [1.165, 1.54) is 0 Å². The quantitative estimate of drug-likeness (QED) is 0.696. The SMILES string of the molecule is Cc1ccccc1C(CC(=O)O)NC(=O)c1ccc(-c2ccccc2)cn1. The van der Waals surface area contributed by atoms with Gasteiger partial charge in [-0.05, 0) is 29.7 Å². The van der Waals surface area contributed by atoms with Crippen molar-refractivity contribution in [2.75, 3.05) is 0 Å². The molecule has 0 bridgehead atoms. The van der Waals surface area contributed by atoms with Crippen LogP contribution in [0.4, 0.5) is 0 Å². The second kappa shape index (κ2) is 8.27. The number of rotatable bonds is 6. The number of benzene rings is 2. The maximum Gasteiger partial charge on any atom is 0.305 e. The zero-order chi connectivity index (χ0) is 19.2. The average molecular weight is 360 g/mol. The maximum atomic E-state index is 12.6. The van der Waals surface area contributed by atoms with Crippen molar-refractivity contribution < 1.29 is 14.7 Å². The van der Waals surface area contributed by atoms with E-state index in [4.69, 9.17) is 0 Å². The van der Waals surface area contributed by atoms with Crippen molar-refractivity contribution in [3.05, 3.63) is 89.7 Å². The molecule has 3 aromatic rings. The summed E-state index contributed by atoms with van der Waals surface area (Å²) < 4.78 is 0. The van der Waals surface area contributed by atoms with Crippen LogP contribution in [0.15, 0.2) is 72.9 Å². The monoisotopic (exact) mass is 360 g/mol. The molecule has 2 aromatic carbocycles. The second-order valence-electron chi connectivity index (χ2n) is 6.28. The lowest BCUT2D eigenvalue weighted by Gasteiger charge is -2.19. The molecule has 3 rings (SSSR count). The van der Waals surface area contributed by atoms with Crippen molar-refractivity contribution in [1.82, 2.24) is 10.3 Å². The lowest BCUT2D eigenvalue weighted by molar-refractivity contribution is -0.137. The topological polar surface area (TPSA) is 79.3 Å². The van der Waals surface area contributed by atoms with Gasteiger partial charge in [-0.15, -0.1) is 0 Å². The van der Waals surface area contributed by atoms with E-state index in [0.29, 0.717) is 0 Å². The Morgan fingerprint density at radius 3 is 2.30 bits per heavy atom. The number of carbonyl (C=O) groups is 2. The largest absolute Gasteiger partial charge is 0.481 e. The number of hydrogen-bond acceptors (Lipinski definition) is 3. The molecule has 1 heterocycles. The molecule has 0 aliphatic rings. The van der Waals surface area contributed by atoms with E-state index in [-0.39, 0.29) is 12.1 Å². The third-order valence-corrected chi connectivity index (χ3v) is 4.35. The van der Waals surface area contributed by atoms with Gasteiger partial charge in [-0.3, -0.25) is 14.6 Å². The fourth-order valence-corrected chi connectivity index (χ4v) is 2.95. The molecular formula is C22H20N2O3. The number of nitrogens with zero attached hydrogens (tertiary/aromatic N) is 1. The van der Waals surface area contributed by atoms with Gasteiger partial charge in [-0.25, -0.2) is 0 Å². The Morgan fingerprint density at radius 1 is 0.963 bits per heavy atom. The summed E-state index contributed by atoms with van der Waals surface area (Å²) in [7, 11) is 0. The zero-order valence-electron chi connectivity index (χ0n) is 14.9. The minimum Gasteiger partial charge on any atom is -0.481 e. The minimum atomic E-state index is -0.976. The Morgan fingerprint density at radius 2 is 1.67 bits per heavy atom. The average Bonchev–Trinajstić information content (AvgIpc) is 2.68. The summed E-state index contributed by atoms with van der Waals surface area (Å²) in [5, 5.41) is 12.0. The summed E-state index contributed by atoms with van der Waals surface area (Å²) in [6.07, 6.45) is 1.45. The van der Waals surface area contributed by atoms with Crippen LogP contribution < -0.4 is 5.32 Å².